The average Bonchev–Trinajstić information content (AvgIpc) is 2.48. The van der Waals surface area contributed by atoms with E-state index < -0.39 is 6.96 Å². The molecule has 0 amide bonds. The first-order valence-corrected chi connectivity index (χ1v) is 8.93. The fraction of sp³-hybridized carbons (Fsp3) is 1.00. The molecule has 0 rings (SSSR count). The van der Waals surface area contributed by atoms with Gasteiger partial charge < -0.3 is 18.6 Å². The van der Waals surface area contributed by atoms with Crippen molar-refractivity contribution >= 4 is 6.96 Å². The first-order chi connectivity index (χ1) is 10.2. The summed E-state index contributed by atoms with van der Waals surface area (Å²) in [5, 5.41) is 0. The number of hydrogen-bond donors (Lipinski definition) is 0. The van der Waals surface area contributed by atoms with Crippen molar-refractivity contribution < 1.29 is 48.2 Å². The number of unbranched alkanes of at least 4 members (excludes halogenated alkanes) is 4. The van der Waals surface area contributed by atoms with Crippen LogP contribution in [0.3, 0.4) is 0 Å². The summed E-state index contributed by atoms with van der Waals surface area (Å²) in [6.07, 6.45) is 8.33. The van der Waals surface area contributed by atoms with Gasteiger partial charge in [0.05, 0.1) is 0 Å². The molecule has 128 valence electrons. The molecule has 0 aromatic heterocycles. The minimum Gasteiger partial charge on any atom is -0.518 e. The van der Waals surface area contributed by atoms with Crippen LogP contribution in [0.2, 0.25) is 0 Å². The van der Waals surface area contributed by atoms with Gasteiger partial charge in [-0.25, -0.2) is 0 Å². The molecule has 4 nitrogen and oxygen atoms in total. The van der Waals surface area contributed by atoms with Crippen LogP contribution < -0.4 is 29.6 Å². The van der Waals surface area contributed by atoms with Crippen molar-refractivity contribution in [3.8, 4) is 0 Å². The summed E-state index contributed by atoms with van der Waals surface area (Å²) in [6, 6.07) is 0. The van der Waals surface area contributed by atoms with Gasteiger partial charge in [0.25, 0.3) is 0 Å². The normalized spacial score (nSPS) is 11.5. The van der Waals surface area contributed by atoms with Crippen LogP contribution in [0.4, 0.5) is 0 Å². The van der Waals surface area contributed by atoms with Crippen molar-refractivity contribution in [2.75, 3.05) is 26.4 Å². The zero-order valence-electron chi connectivity index (χ0n) is 15.7. The Labute approximate surface area is 160 Å². The second-order valence-corrected chi connectivity index (χ2v) is 5.47. The van der Waals surface area contributed by atoms with E-state index in [1.807, 2.05) is 0 Å². The van der Waals surface area contributed by atoms with Crippen LogP contribution in [-0.4, -0.2) is 33.4 Å². The van der Waals surface area contributed by atoms with E-state index in [1.54, 1.807) is 0 Å². The molecule has 0 aromatic carbocycles. The van der Waals surface area contributed by atoms with Crippen molar-refractivity contribution in [1.29, 1.82) is 0 Å². The van der Waals surface area contributed by atoms with Crippen molar-refractivity contribution in [2.45, 2.75) is 79.1 Å². The summed E-state index contributed by atoms with van der Waals surface area (Å²) < 4.78 is 23.6. The van der Waals surface area contributed by atoms with Gasteiger partial charge in [-0.2, -0.15) is 0 Å². The standard InChI is InChI=1S/C16H36BO4.Na/c1-5-9-13-18-17(19-14-10-6-2,20-15-11-7-3)21-16-12-8-4;/h5-16H2,1-4H3;/q-1;+1. The van der Waals surface area contributed by atoms with Crippen LogP contribution in [-0.2, 0) is 18.6 Å². The van der Waals surface area contributed by atoms with Crippen LogP contribution in [0.25, 0.3) is 0 Å². The maximum atomic E-state index is 5.91. The summed E-state index contributed by atoms with van der Waals surface area (Å²) in [5.74, 6) is 0. The van der Waals surface area contributed by atoms with E-state index in [2.05, 4.69) is 27.7 Å². The molecular weight excluding hydrogens is 290 g/mol. The molecule has 0 heterocycles. The van der Waals surface area contributed by atoms with Crippen LogP contribution in [0, 0.1) is 0 Å². The molecule has 0 saturated heterocycles. The van der Waals surface area contributed by atoms with Gasteiger partial charge >= 0.3 is 36.5 Å². The molecule has 0 fully saturated rings. The molecule has 0 aromatic rings. The number of rotatable bonds is 16. The molecule has 0 saturated carbocycles. The van der Waals surface area contributed by atoms with Gasteiger partial charge in [-0.15, -0.1) is 0 Å². The summed E-state index contributed by atoms with van der Waals surface area (Å²) in [4.78, 5) is 0. The molecule has 6 heteroatoms. The predicted molar refractivity (Wildman–Crippen MR) is 89.2 cm³/mol. The van der Waals surface area contributed by atoms with Crippen molar-refractivity contribution in [3.05, 3.63) is 0 Å². The molecule has 0 atom stereocenters. The first-order valence-electron chi connectivity index (χ1n) is 8.93. The largest absolute Gasteiger partial charge is 1.00 e. The zero-order chi connectivity index (χ0) is 15.8. The van der Waals surface area contributed by atoms with Gasteiger partial charge in [0, 0.05) is 26.4 Å². The molecule has 0 aliphatic heterocycles. The fourth-order valence-corrected chi connectivity index (χ4v) is 1.78. The molecule has 0 bridgehead atoms. The van der Waals surface area contributed by atoms with Crippen molar-refractivity contribution in [1.82, 2.24) is 0 Å². The van der Waals surface area contributed by atoms with Crippen LogP contribution in [0.1, 0.15) is 79.1 Å². The van der Waals surface area contributed by atoms with Gasteiger partial charge in [-0.05, 0) is 25.7 Å². The topological polar surface area (TPSA) is 36.9 Å². The van der Waals surface area contributed by atoms with Crippen molar-refractivity contribution in [3.63, 3.8) is 0 Å². The van der Waals surface area contributed by atoms with Crippen LogP contribution in [0.5, 0.6) is 0 Å². The van der Waals surface area contributed by atoms with E-state index in [0.29, 0.717) is 26.4 Å². The Morgan fingerprint density at radius 3 is 0.909 bits per heavy atom. The summed E-state index contributed by atoms with van der Waals surface area (Å²) in [7, 11) is 0. The smallest absolute Gasteiger partial charge is 0.518 e. The second-order valence-electron chi connectivity index (χ2n) is 5.47. The van der Waals surface area contributed by atoms with E-state index in [9.17, 15) is 0 Å². The van der Waals surface area contributed by atoms with Gasteiger partial charge in [0.1, 0.15) is 0 Å². The van der Waals surface area contributed by atoms with E-state index in [4.69, 9.17) is 18.6 Å². The van der Waals surface area contributed by atoms with E-state index in [-0.39, 0.29) is 29.6 Å². The van der Waals surface area contributed by atoms with Gasteiger partial charge in [-0.1, -0.05) is 53.4 Å². The third-order valence-corrected chi connectivity index (χ3v) is 3.28. The zero-order valence-corrected chi connectivity index (χ0v) is 17.7. The molecule has 0 spiro atoms. The van der Waals surface area contributed by atoms with E-state index in [0.717, 1.165) is 51.4 Å². The Balaban J connectivity index is 0. The third kappa shape index (κ3) is 13.4. The fourth-order valence-electron chi connectivity index (χ4n) is 1.78. The SMILES string of the molecule is CCCCO[B-](OCCCC)(OCCCC)OCCCC.[Na+]. The van der Waals surface area contributed by atoms with Crippen molar-refractivity contribution in [2.24, 2.45) is 0 Å². The van der Waals surface area contributed by atoms with Crippen LogP contribution in [0.15, 0.2) is 0 Å². The summed E-state index contributed by atoms with van der Waals surface area (Å²) in [5.41, 5.74) is 0. The Morgan fingerprint density at radius 1 is 0.500 bits per heavy atom. The van der Waals surface area contributed by atoms with E-state index in [1.165, 1.54) is 0 Å². The average molecular weight is 326 g/mol. The Morgan fingerprint density at radius 2 is 0.727 bits per heavy atom. The molecule has 0 aliphatic rings. The molecule has 0 unspecified atom stereocenters. The molecule has 0 N–H and O–H groups in total. The maximum Gasteiger partial charge on any atom is 1.00 e. The summed E-state index contributed by atoms with van der Waals surface area (Å²) >= 11 is 0. The van der Waals surface area contributed by atoms with Gasteiger partial charge in [-0.3, -0.25) is 0 Å². The Hall–Kier alpha value is 0.905. The maximum absolute atomic E-state index is 5.91. The quantitative estimate of drug-likeness (QED) is 0.320. The molecular formula is C16H36BNaO4. The Bertz CT molecular complexity index is 175. The minimum absolute atomic E-state index is 0. The van der Waals surface area contributed by atoms with E-state index >= 15 is 0 Å². The van der Waals surface area contributed by atoms with Gasteiger partial charge in [0.2, 0.25) is 0 Å². The minimum atomic E-state index is -2.04. The molecule has 0 radical (unpaired) electrons. The number of hydrogen-bond acceptors (Lipinski definition) is 4. The third-order valence-electron chi connectivity index (χ3n) is 3.28. The summed E-state index contributed by atoms with van der Waals surface area (Å²) in [6.45, 7) is 9.04. The monoisotopic (exact) mass is 326 g/mol. The van der Waals surface area contributed by atoms with Crippen LogP contribution >= 0.6 is 0 Å². The second kappa shape index (κ2) is 18.2. The first kappa shape index (κ1) is 25.1. The molecule has 22 heavy (non-hydrogen) atoms. The van der Waals surface area contributed by atoms with Gasteiger partial charge in [0.15, 0.2) is 0 Å². The molecule has 0 aliphatic carbocycles. The predicted octanol–water partition coefficient (Wildman–Crippen LogP) is 1.69. The Kier molecular flexibility index (Phi) is 20.9.